The molecular formula is C22H22Cl2N2O. The van der Waals surface area contributed by atoms with Crippen LogP contribution in [0.25, 0.3) is 6.08 Å². The fourth-order valence-corrected chi connectivity index (χ4v) is 4.72. The Hall–Kier alpha value is -1.81. The lowest BCUT2D eigenvalue weighted by molar-refractivity contribution is -0.114. The molecule has 140 valence electrons. The predicted molar refractivity (Wildman–Crippen MR) is 113 cm³/mol. The number of rotatable bonds is 2. The highest BCUT2D eigenvalue weighted by Crippen LogP contribution is 2.45. The molecule has 1 fully saturated rings. The van der Waals surface area contributed by atoms with Gasteiger partial charge in [-0.05, 0) is 62.3 Å². The lowest BCUT2D eigenvalue weighted by Gasteiger charge is -2.36. The van der Waals surface area contributed by atoms with E-state index in [-0.39, 0.29) is 11.9 Å². The van der Waals surface area contributed by atoms with Crippen LogP contribution in [0.4, 0.5) is 5.69 Å². The fraction of sp³-hybridized carbons (Fsp3) is 0.318. The number of hydrogen-bond donors (Lipinski definition) is 0. The number of carbonyl (C=O) groups is 1. The van der Waals surface area contributed by atoms with E-state index in [1.807, 2.05) is 11.0 Å². The van der Waals surface area contributed by atoms with Gasteiger partial charge in [-0.2, -0.15) is 0 Å². The quantitative estimate of drug-likeness (QED) is 0.650. The first-order chi connectivity index (χ1) is 12.9. The number of benzene rings is 2. The molecule has 1 amide bonds. The van der Waals surface area contributed by atoms with Crippen molar-refractivity contribution in [3.8, 4) is 0 Å². The number of hydrogen-bond acceptors (Lipinski definition) is 2. The Kier molecular flexibility index (Phi) is 5.02. The minimum Gasteiger partial charge on any atom is -0.306 e. The second-order valence-electron chi connectivity index (χ2n) is 7.49. The van der Waals surface area contributed by atoms with Gasteiger partial charge in [0.05, 0.1) is 0 Å². The number of nitrogens with zero attached hydrogens (tertiary/aromatic N) is 2. The summed E-state index contributed by atoms with van der Waals surface area (Å²) in [5.74, 6) is 0.373. The first-order valence-corrected chi connectivity index (χ1v) is 9.95. The maximum atomic E-state index is 13.1. The molecule has 4 rings (SSSR count). The minimum absolute atomic E-state index is 0.00294. The van der Waals surface area contributed by atoms with Crippen LogP contribution in [0, 0.1) is 6.92 Å². The van der Waals surface area contributed by atoms with Gasteiger partial charge in [0.25, 0.3) is 5.91 Å². The summed E-state index contributed by atoms with van der Waals surface area (Å²) >= 11 is 12.2. The highest BCUT2D eigenvalue weighted by Gasteiger charge is 2.43. The summed E-state index contributed by atoms with van der Waals surface area (Å²) < 4.78 is 0. The zero-order chi connectivity index (χ0) is 19.1. The number of piperidine rings is 1. The topological polar surface area (TPSA) is 23.6 Å². The van der Waals surface area contributed by atoms with E-state index in [0.717, 1.165) is 30.8 Å². The highest BCUT2D eigenvalue weighted by molar-refractivity contribution is 6.35. The molecule has 0 unspecified atom stereocenters. The number of likely N-dealkylation sites (N-methyl/N-ethyl adjacent to an activating group) is 1. The minimum atomic E-state index is 0.00294. The van der Waals surface area contributed by atoms with E-state index >= 15 is 0 Å². The van der Waals surface area contributed by atoms with Gasteiger partial charge in [0.2, 0.25) is 0 Å². The first-order valence-electron chi connectivity index (χ1n) is 9.19. The van der Waals surface area contributed by atoms with Crippen LogP contribution < -0.4 is 4.90 Å². The average molecular weight is 401 g/mol. The van der Waals surface area contributed by atoms with Crippen molar-refractivity contribution in [3.63, 3.8) is 0 Å². The van der Waals surface area contributed by atoms with Crippen molar-refractivity contribution < 1.29 is 4.79 Å². The van der Waals surface area contributed by atoms with Gasteiger partial charge in [-0.15, -0.1) is 0 Å². The van der Waals surface area contributed by atoms with Gasteiger partial charge in [0.1, 0.15) is 0 Å². The molecule has 0 aromatic heterocycles. The van der Waals surface area contributed by atoms with Crippen LogP contribution in [0.15, 0.2) is 42.5 Å². The van der Waals surface area contributed by atoms with E-state index in [0.29, 0.717) is 16.0 Å². The number of amides is 1. The van der Waals surface area contributed by atoms with Gasteiger partial charge >= 0.3 is 0 Å². The van der Waals surface area contributed by atoms with Crippen LogP contribution in [-0.4, -0.2) is 37.0 Å². The summed E-state index contributed by atoms with van der Waals surface area (Å²) in [5, 5.41) is 1.13. The second-order valence-corrected chi connectivity index (χ2v) is 8.34. The molecular weight excluding hydrogens is 379 g/mol. The molecule has 2 heterocycles. The standard InChI is InChI=1S/C22H22Cl2N2O/c1-14-3-7-20-17(11-14)18-13-25(2)10-9-21(18)26(20)22(27)8-5-15-4-6-16(23)12-19(15)24/h3-8,11-12,18,21H,9-10,13H2,1-2H3/b8-5+/t18-,21-/m1/s1. The predicted octanol–water partition coefficient (Wildman–Crippen LogP) is 5.15. The summed E-state index contributed by atoms with van der Waals surface area (Å²) in [6.07, 6.45) is 4.38. The average Bonchev–Trinajstić information content (AvgIpc) is 2.94. The molecule has 0 saturated carbocycles. The van der Waals surface area contributed by atoms with Crippen LogP contribution in [0.2, 0.25) is 10.0 Å². The molecule has 2 aromatic rings. The van der Waals surface area contributed by atoms with Crippen LogP contribution in [0.3, 0.4) is 0 Å². The van der Waals surface area contributed by atoms with Crippen LogP contribution in [0.5, 0.6) is 0 Å². The normalized spacial score (nSPS) is 22.1. The molecule has 3 nitrogen and oxygen atoms in total. The van der Waals surface area contributed by atoms with Crippen molar-refractivity contribution in [3.05, 3.63) is 69.2 Å². The molecule has 5 heteroatoms. The van der Waals surface area contributed by atoms with E-state index in [1.54, 1.807) is 24.3 Å². The molecule has 27 heavy (non-hydrogen) atoms. The molecule has 2 aromatic carbocycles. The van der Waals surface area contributed by atoms with Crippen LogP contribution in [0.1, 0.15) is 29.0 Å². The van der Waals surface area contributed by atoms with Crippen molar-refractivity contribution in [2.24, 2.45) is 0 Å². The zero-order valence-corrected chi connectivity index (χ0v) is 17.0. The Labute approximate surface area is 170 Å². The number of fused-ring (bicyclic) bond motifs is 3. The second kappa shape index (κ2) is 7.31. The Morgan fingerprint density at radius 1 is 1.19 bits per heavy atom. The van der Waals surface area contributed by atoms with Crippen molar-refractivity contribution >= 4 is 40.9 Å². The van der Waals surface area contributed by atoms with Crippen LogP contribution in [-0.2, 0) is 4.79 Å². The van der Waals surface area contributed by atoms with E-state index in [4.69, 9.17) is 23.2 Å². The van der Waals surface area contributed by atoms with Crippen molar-refractivity contribution in [1.29, 1.82) is 0 Å². The maximum absolute atomic E-state index is 13.1. The Morgan fingerprint density at radius 3 is 2.78 bits per heavy atom. The zero-order valence-electron chi connectivity index (χ0n) is 15.5. The smallest absolute Gasteiger partial charge is 0.251 e. The third-order valence-corrected chi connectivity index (χ3v) is 6.12. The fourth-order valence-electron chi connectivity index (χ4n) is 4.25. The van der Waals surface area contributed by atoms with Crippen molar-refractivity contribution in [1.82, 2.24) is 4.90 Å². The van der Waals surface area contributed by atoms with Crippen molar-refractivity contribution in [2.45, 2.75) is 25.3 Å². The maximum Gasteiger partial charge on any atom is 0.251 e. The van der Waals surface area contributed by atoms with Crippen LogP contribution >= 0.6 is 23.2 Å². The summed E-state index contributed by atoms with van der Waals surface area (Å²) in [5.41, 5.74) is 4.36. The Balaban J connectivity index is 1.66. The van der Waals surface area contributed by atoms with E-state index in [2.05, 4.69) is 37.1 Å². The summed E-state index contributed by atoms with van der Waals surface area (Å²) in [7, 11) is 2.15. The number of aryl methyl sites for hydroxylation is 1. The van der Waals surface area contributed by atoms with Gasteiger partial charge in [0, 0.05) is 40.3 Å². The number of halogens is 2. The molecule has 1 saturated heterocycles. The van der Waals surface area contributed by atoms with Gasteiger partial charge < -0.3 is 9.80 Å². The van der Waals surface area contributed by atoms with Gasteiger partial charge in [-0.3, -0.25) is 4.79 Å². The lowest BCUT2D eigenvalue weighted by atomic mass is 9.89. The molecule has 0 bridgehead atoms. The number of anilines is 1. The SMILES string of the molecule is Cc1ccc2c(c1)[C@H]1CN(C)CC[C@H]1N2C(=O)/C=C/c1ccc(Cl)cc1Cl. The third kappa shape index (κ3) is 3.52. The Bertz CT molecular complexity index is 925. The first kappa shape index (κ1) is 18.5. The van der Waals surface area contributed by atoms with E-state index < -0.39 is 0 Å². The van der Waals surface area contributed by atoms with Gasteiger partial charge in [-0.25, -0.2) is 0 Å². The summed E-state index contributed by atoms with van der Waals surface area (Å²) in [6.45, 7) is 4.09. The lowest BCUT2D eigenvalue weighted by Crippen LogP contribution is -2.46. The van der Waals surface area contributed by atoms with E-state index in [9.17, 15) is 4.79 Å². The number of carbonyl (C=O) groups excluding carboxylic acids is 1. The number of likely N-dealkylation sites (tertiary alicyclic amines) is 1. The summed E-state index contributed by atoms with van der Waals surface area (Å²) in [6, 6.07) is 11.9. The Morgan fingerprint density at radius 2 is 2.00 bits per heavy atom. The molecule has 0 spiro atoms. The van der Waals surface area contributed by atoms with Gasteiger partial charge in [0.15, 0.2) is 0 Å². The molecule has 0 aliphatic carbocycles. The molecule has 0 radical (unpaired) electrons. The molecule has 0 N–H and O–H groups in total. The summed E-state index contributed by atoms with van der Waals surface area (Å²) in [4.78, 5) is 17.5. The van der Waals surface area contributed by atoms with Crippen molar-refractivity contribution in [2.75, 3.05) is 25.0 Å². The molecule has 2 aliphatic rings. The molecule has 2 atom stereocenters. The van der Waals surface area contributed by atoms with E-state index in [1.165, 1.54) is 11.1 Å². The van der Waals surface area contributed by atoms with Gasteiger partial charge in [-0.1, -0.05) is 47.0 Å². The monoisotopic (exact) mass is 400 g/mol. The molecule has 2 aliphatic heterocycles. The third-order valence-electron chi connectivity index (χ3n) is 5.56. The highest BCUT2D eigenvalue weighted by atomic mass is 35.5. The largest absolute Gasteiger partial charge is 0.306 e.